The van der Waals surface area contributed by atoms with E-state index in [9.17, 15) is 4.79 Å². The molecule has 1 N–H and O–H groups in total. The zero-order valence-electron chi connectivity index (χ0n) is 11.0. The molecule has 1 aliphatic carbocycles. The van der Waals surface area contributed by atoms with Gasteiger partial charge in [-0.05, 0) is 38.7 Å². The number of nitrogens with zero attached hydrogens (tertiary/aromatic N) is 3. The molecule has 0 radical (unpaired) electrons. The van der Waals surface area contributed by atoms with Crippen LogP contribution in [-0.4, -0.2) is 26.8 Å². The van der Waals surface area contributed by atoms with Gasteiger partial charge >= 0.3 is 0 Å². The van der Waals surface area contributed by atoms with Gasteiger partial charge in [-0.3, -0.25) is 4.79 Å². The lowest BCUT2D eigenvalue weighted by atomic mass is 9.99. The van der Waals surface area contributed by atoms with Crippen LogP contribution in [0.2, 0.25) is 0 Å². The fourth-order valence-electron chi connectivity index (χ4n) is 1.85. The Bertz CT molecular complexity index is 441. The van der Waals surface area contributed by atoms with Crippen molar-refractivity contribution in [3.63, 3.8) is 0 Å². The Balaban J connectivity index is 1.82. The second-order valence-electron chi connectivity index (χ2n) is 4.51. The molecular weight excluding hydrogens is 260 g/mol. The number of nitrogens with one attached hydrogen (secondary N) is 1. The first-order valence-electron chi connectivity index (χ1n) is 6.54. The third-order valence-corrected chi connectivity index (χ3v) is 3.94. The van der Waals surface area contributed by atoms with Crippen LogP contribution in [0, 0.1) is 0 Å². The highest BCUT2D eigenvalue weighted by Gasteiger charge is 2.15. The molecule has 1 heterocycles. The van der Waals surface area contributed by atoms with Crippen LogP contribution in [0.3, 0.4) is 0 Å². The van der Waals surface area contributed by atoms with Crippen LogP contribution < -0.4 is 5.43 Å². The van der Waals surface area contributed by atoms with Gasteiger partial charge in [0, 0.05) is 18.1 Å². The fourth-order valence-corrected chi connectivity index (χ4v) is 2.57. The number of rotatable bonds is 4. The van der Waals surface area contributed by atoms with Gasteiger partial charge in [-0.2, -0.15) is 5.10 Å². The Labute approximate surface area is 117 Å². The standard InChI is InChI=1S/C13H18N4OS/c1-10(19-13-14-8-5-9-15-13)12(18)17-16-11-6-3-2-4-7-11/h5,8-10H,2-4,6-7H2,1H3,(H,17,18)/t10-/m0/s1. The molecule has 19 heavy (non-hydrogen) atoms. The molecule has 5 nitrogen and oxygen atoms in total. The minimum atomic E-state index is -0.254. The molecule has 1 aromatic rings. The monoisotopic (exact) mass is 278 g/mol. The molecule has 0 aliphatic heterocycles. The molecule has 0 unspecified atom stereocenters. The Morgan fingerprint density at radius 3 is 2.68 bits per heavy atom. The van der Waals surface area contributed by atoms with Crippen molar-refractivity contribution in [2.24, 2.45) is 5.10 Å². The molecule has 1 atom stereocenters. The van der Waals surface area contributed by atoms with Crippen molar-refractivity contribution in [3.8, 4) is 0 Å². The van der Waals surface area contributed by atoms with Crippen LogP contribution in [-0.2, 0) is 4.79 Å². The number of hydrazone groups is 1. The van der Waals surface area contributed by atoms with E-state index in [1.54, 1.807) is 18.5 Å². The van der Waals surface area contributed by atoms with E-state index < -0.39 is 0 Å². The van der Waals surface area contributed by atoms with Crippen LogP contribution >= 0.6 is 11.8 Å². The maximum absolute atomic E-state index is 11.9. The predicted octanol–water partition coefficient (Wildman–Crippen LogP) is 2.39. The number of hydrogen-bond donors (Lipinski definition) is 1. The summed E-state index contributed by atoms with van der Waals surface area (Å²) in [5.41, 5.74) is 3.75. The summed E-state index contributed by atoms with van der Waals surface area (Å²) >= 11 is 1.33. The number of aromatic nitrogens is 2. The van der Waals surface area contributed by atoms with Gasteiger partial charge in [0.05, 0.1) is 5.25 Å². The zero-order valence-corrected chi connectivity index (χ0v) is 11.8. The van der Waals surface area contributed by atoms with E-state index in [4.69, 9.17) is 0 Å². The van der Waals surface area contributed by atoms with Crippen molar-refractivity contribution in [1.82, 2.24) is 15.4 Å². The molecule has 1 fully saturated rings. The van der Waals surface area contributed by atoms with E-state index in [-0.39, 0.29) is 11.2 Å². The quantitative estimate of drug-likeness (QED) is 0.521. The first-order valence-corrected chi connectivity index (χ1v) is 7.42. The molecule has 0 spiro atoms. The highest BCUT2D eigenvalue weighted by Crippen LogP contribution is 2.18. The third-order valence-electron chi connectivity index (χ3n) is 2.95. The van der Waals surface area contributed by atoms with Crippen molar-refractivity contribution in [1.29, 1.82) is 0 Å². The molecule has 1 saturated carbocycles. The lowest BCUT2D eigenvalue weighted by Crippen LogP contribution is -2.28. The van der Waals surface area contributed by atoms with Crippen molar-refractivity contribution in [2.45, 2.75) is 49.4 Å². The summed E-state index contributed by atoms with van der Waals surface area (Å²) in [6, 6.07) is 1.75. The maximum atomic E-state index is 11.9. The first kappa shape index (κ1) is 14.0. The average molecular weight is 278 g/mol. The predicted molar refractivity (Wildman–Crippen MR) is 76.0 cm³/mol. The highest BCUT2D eigenvalue weighted by molar-refractivity contribution is 8.00. The molecule has 1 amide bonds. The molecule has 2 rings (SSSR count). The summed E-state index contributed by atoms with van der Waals surface area (Å²) in [4.78, 5) is 20.1. The lowest BCUT2D eigenvalue weighted by Gasteiger charge is -2.13. The van der Waals surface area contributed by atoms with Crippen LogP contribution in [0.15, 0.2) is 28.7 Å². The van der Waals surface area contributed by atoms with Crippen molar-refractivity contribution in [3.05, 3.63) is 18.5 Å². The number of carbonyl (C=O) groups is 1. The summed E-state index contributed by atoms with van der Waals surface area (Å²) in [6.45, 7) is 1.83. The van der Waals surface area contributed by atoms with Crippen LogP contribution in [0.4, 0.5) is 0 Å². The molecule has 1 aromatic heterocycles. The van der Waals surface area contributed by atoms with Gasteiger partial charge in [0.1, 0.15) is 0 Å². The maximum Gasteiger partial charge on any atom is 0.253 e. The second kappa shape index (κ2) is 7.23. The Hall–Kier alpha value is -1.43. The largest absolute Gasteiger partial charge is 0.272 e. The number of amides is 1. The molecule has 0 bridgehead atoms. The van der Waals surface area contributed by atoms with Crippen molar-refractivity contribution >= 4 is 23.4 Å². The van der Waals surface area contributed by atoms with Crippen LogP contribution in [0.25, 0.3) is 0 Å². The van der Waals surface area contributed by atoms with E-state index in [1.807, 2.05) is 6.92 Å². The average Bonchev–Trinajstić information content (AvgIpc) is 2.47. The van der Waals surface area contributed by atoms with Gasteiger partial charge in [-0.1, -0.05) is 18.2 Å². The summed E-state index contributed by atoms with van der Waals surface area (Å²) in [7, 11) is 0. The molecular formula is C13H18N4OS. The molecule has 102 valence electrons. The van der Waals surface area contributed by atoms with Gasteiger partial charge in [0.15, 0.2) is 5.16 Å². The summed E-state index contributed by atoms with van der Waals surface area (Å²) in [6.07, 6.45) is 8.97. The number of thioether (sulfide) groups is 1. The van der Waals surface area contributed by atoms with E-state index in [1.165, 1.54) is 31.0 Å². The SMILES string of the molecule is C[C@H](Sc1ncccn1)C(=O)NN=C1CCCCC1. The third kappa shape index (κ3) is 4.63. The van der Waals surface area contributed by atoms with Crippen LogP contribution in [0.1, 0.15) is 39.0 Å². The summed E-state index contributed by atoms with van der Waals surface area (Å²) in [5, 5.41) is 4.56. The molecule has 0 aromatic carbocycles. The zero-order chi connectivity index (χ0) is 13.5. The minimum Gasteiger partial charge on any atom is -0.272 e. The van der Waals surface area contributed by atoms with E-state index in [0.717, 1.165) is 18.6 Å². The number of hydrogen-bond acceptors (Lipinski definition) is 5. The van der Waals surface area contributed by atoms with Crippen molar-refractivity contribution in [2.75, 3.05) is 0 Å². The van der Waals surface area contributed by atoms with Gasteiger partial charge in [0.25, 0.3) is 5.91 Å². The summed E-state index contributed by atoms with van der Waals surface area (Å²) in [5.74, 6) is -0.101. The summed E-state index contributed by atoms with van der Waals surface area (Å²) < 4.78 is 0. The molecule has 1 aliphatic rings. The van der Waals surface area contributed by atoms with Crippen LogP contribution in [0.5, 0.6) is 0 Å². The molecule has 0 saturated heterocycles. The lowest BCUT2D eigenvalue weighted by molar-refractivity contribution is -0.120. The minimum absolute atomic E-state index is 0.101. The van der Waals surface area contributed by atoms with E-state index in [2.05, 4.69) is 20.5 Å². The van der Waals surface area contributed by atoms with E-state index in [0.29, 0.717) is 5.16 Å². The van der Waals surface area contributed by atoms with Gasteiger partial charge in [-0.15, -0.1) is 0 Å². The van der Waals surface area contributed by atoms with E-state index >= 15 is 0 Å². The van der Waals surface area contributed by atoms with Gasteiger partial charge in [0.2, 0.25) is 0 Å². The fraction of sp³-hybridized carbons (Fsp3) is 0.538. The molecule has 6 heteroatoms. The number of carbonyl (C=O) groups excluding carboxylic acids is 1. The Morgan fingerprint density at radius 2 is 2.00 bits per heavy atom. The van der Waals surface area contributed by atoms with Gasteiger partial charge < -0.3 is 0 Å². The topological polar surface area (TPSA) is 67.2 Å². The Kier molecular flexibility index (Phi) is 5.32. The highest BCUT2D eigenvalue weighted by atomic mass is 32.2. The second-order valence-corrected chi connectivity index (χ2v) is 5.81. The first-order chi connectivity index (χ1) is 9.25. The van der Waals surface area contributed by atoms with Crippen molar-refractivity contribution < 1.29 is 4.79 Å². The Morgan fingerprint density at radius 1 is 1.32 bits per heavy atom. The smallest absolute Gasteiger partial charge is 0.253 e. The van der Waals surface area contributed by atoms with Gasteiger partial charge in [-0.25, -0.2) is 15.4 Å². The normalized spacial score (nSPS) is 16.8.